The van der Waals surface area contributed by atoms with Crippen LogP contribution in [-0.4, -0.2) is 118 Å². The summed E-state index contributed by atoms with van der Waals surface area (Å²) < 4.78 is 33.4. The third-order valence-corrected chi connectivity index (χ3v) is 10.6. The standard InChI is InChI=1S/C31H56O10S8/c1-5-48-29(46)13-26(33)39-18-22(41-28(35)14-30(47)49-6-2)16-37-20-31(3,4)19-36-15-21(40-27(34)12-24(45)8-10-43)17-38-25(32)11-23(44)7-9-42/h21-24,29-30,42-47H,5-20H2,1-4H3. The number of rotatable bonds is 30. The highest BCUT2D eigenvalue weighted by Gasteiger charge is 2.26. The molecule has 0 heterocycles. The van der Waals surface area contributed by atoms with Gasteiger partial charge in [-0.15, -0.1) is 23.5 Å². The molecule has 288 valence electrons. The van der Waals surface area contributed by atoms with Crippen molar-refractivity contribution in [2.45, 2.75) is 98.1 Å². The largest absolute Gasteiger partial charge is 0.462 e. The molecule has 0 rings (SSSR count). The van der Waals surface area contributed by atoms with Gasteiger partial charge < -0.3 is 28.4 Å². The van der Waals surface area contributed by atoms with Crippen LogP contribution in [0.15, 0.2) is 0 Å². The highest BCUT2D eigenvalue weighted by Crippen LogP contribution is 2.21. The van der Waals surface area contributed by atoms with Crippen molar-refractivity contribution < 1.29 is 47.6 Å². The highest BCUT2D eigenvalue weighted by atomic mass is 32.2. The van der Waals surface area contributed by atoms with Crippen molar-refractivity contribution in [3.8, 4) is 0 Å². The summed E-state index contributed by atoms with van der Waals surface area (Å²) in [6, 6.07) is 0. The molecule has 0 amide bonds. The molecule has 0 spiro atoms. The lowest BCUT2D eigenvalue weighted by Crippen LogP contribution is -2.35. The molecule has 0 bridgehead atoms. The molecule has 0 radical (unpaired) electrons. The average Bonchev–Trinajstić information content (AvgIpc) is 2.98. The maximum Gasteiger partial charge on any atom is 0.308 e. The molecule has 18 heteroatoms. The first-order valence-electron chi connectivity index (χ1n) is 16.2. The molecule has 0 aromatic rings. The van der Waals surface area contributed by atoms with Crippen molar-refractivity contribution >= 4 is 123 Å². The number of hydrogen-bond donors (Lipinski definition) is 6. The SMILES string of the molecule is CCSC(S)CC(=O)OCC(COCC(C)(C)COCC(COC(=O)CC(S)CCS)OC(=O)CC(S)CCS)OC(=O)CC(S)SCC. The van der Waals surface area contributed by atoms with Crippen LogP contribution in [0.3, 0.4) is 0 Å². The molecular formula is C31H56O10S8. The zero-order valence-corrected chi connectivity index (χ0v) is 35.9. The molecule has 0 fully saturated rings. The zero-order valence-electron chi connectivity index (χ0n) is 28.9. The van der Waals surface area contributed by atoms with Gasteiger partial charge in [0.25, 0.3) is 0 Å². The fourth-order valence-corrected chi connectivity index (χ4v) is 7.90. The van der Waals surface area contributed by atoms with E-state index in [0.29, 0.717) is 24.3 Å². The Morgan fingerprint density at radius 2 is 0.959 bits per heavy atom. The van der Waals surface area contributed by atoms with E-state index in [1.165, 1.54) is 23.5 Å². The minimum absolute atomic E-state index is 0.0126. The van der Waals surface area contributed by atoms with Gasteiger partial charge in [0.05, 0.1) is 61.3 Å². The number of thioether (sulfide) groups is 2. The lowest BCUT2D eigenvalue weighted by molar-refractivity contribution is -0.165. The first-order valence-corrected chi connectivity index (χ1v) is 21.6. The van der Waals surface area contributed by atoms with Gasteiger partial charge in [-0.3, -0.25) is 19.2 Å². The normalized spacial score (nSPS) is 15.4. The van der Waals surface area contributed by atoms with Crippen LogP contribution in [0.4, 0.5) is 0 Å². The van der Waals surface area contributed by atoms with E-state index >= 15 is 0 Å². The lowest BCUT2D eigenvalue weighted by Gasteiger charge is -2.27. The molecule has 6 unspecified atom stereocenters. The molecule has 49 heavy (non-hydrogen) atoms. The van der Waals surface area contributed by atoms with Gasteiger partial charge in [0.1, 0.15) is 13.2 Å². The van der Waals surface area contributed by atoms with Gasteiger partial charge in [-0.25, -0.2) is 0 Å². The Morgan fingerprint density at radius 3 is 1.37 bits per heavy atom. The fourth-order valence-electron chi connectivity index (χ4n) is 3.84. The second kappa shape index (κ2) is 30.0. The topological polar surface area (TPSA) is 124 Å². The molecule has 0 aliphatic carbocycles. The van der Waals surface area contributed by atoms with E-state index in [9.17, 15) is 19.2 Å². The molecule has 0 saturated heterocycles. The van der Waals surface area contributed by atoms with Crippen molar-refractivity contribution in [3.05, 3.63) is 0 Å². The van der Waals surface area contributed by atoms with Gasteiger partial charge in [-0.05, 0) is 35.9 Å². The van der Waals surface area contributed by atoms with Crippen LogP contribution in [0.1, 0.15) is 66.2 Å². The summed E-state index contributed by atoms with van der Waals surface area (Å²) in [4.78, 5) is 49.7. The summed E-state index contributed by atoms with van der Waals surface area (Å²) in [6.07, 6.45) is 0.00868. The smallest absolute Gasteiger partial charge is 0.308 e. The number of ether oxygens (including phenoxy) is 6. The molecule has 0 aromatic heterocycles. The van der Waals surface area contributed by atoms with E-state index in [1.54, 1.807) is 0 Å². The second-order valence-electron chi connectivity index (χ2n) is 11.8. The third-order valence-electron chi connectivity index (χ3n) is 6.18. The predicted octanol–water partition coefficient (Wildman–Crippen LogP) is 5.77. The predicted molar refractivity (Wildman–Crippen MR) is 220 cm³/mol. The van der Waals surface area contributed by atoms with Crippen LogP contribution in [0.5, 0.6) is 0 Å². The number of carbonyl (C=O) groups excluding carboxylic acids is 4. The van der Waals surface area contributed by atoms with E-state index in [-0.39, 0.29) is 85.0 Å². The molecule has 6 atom stereocenters. The Balaban J connectivity index is 5.18. The Hall–Kier alpha value is 0.600. The van der Waals surface area contributed by atoms with Crippen LogP contribution in [0.2, 0.25) is 0 Å². The summed E-state index contributed by atoms with van der Waals surface area (Å²) in [5, 5.41) is -0.396. The van der Waals surface area contributed by atoms with E-state index in [4.69, 9.17) is 28.4 Å². The molecule has 0 aliphatic rings. The summed E-state index contributed by atoms with van der Waals surface area (Å²) >= 11 is 29.0. The molecule has 10 nitrogen and oxygen atoms in total. The minimum Gasteiger partial charge on any atom is -0.462 e. The Bertz CT molecular complexity index is 863. The van der Waals surface area contributed by atoms with Gasteiger partial charge in [0.2, 0.25) is 0 Å². The van der Waals surface area contributed by atoms with Crippen LogP contribution in [0.25, 0.3) is 0 Å². The molecule has 0 aromatic carbocycles. The summed E-state index contributed by atoms with van der Waals surface area (Å²) in [5.41, 5.74) is -0.518. The maximum atomic E-state index is 12.6. The van der Waals surface area contributed by atoms with Gasteiger partial charge in [-0.2, -0.15) is 75.8 Å². The molecule has 0 N–H and O–H groups in total. The number of thiol groups is 6. The summed E-state index contributed by atoms with van der Waals surface area (Å²) in [7, 11) is 0. The minimum atomic E-state index is -0.833. The monoisotopic (exact) mass is 844 g/mol. The quantitative estimate of drug-likeness (QED) is 0.0228. The number of hydrogen-bond acceptors (Lipinski definition) is 18. The maximum absolute atomic E-state index is 12.6. The van der Waals surface area contributed by atoms with Crippen molar-refractivity contribution in [1.29, 1.82) is 0 Å². The van der Waals surface area contributed by atoms with E-state index in [1.807, 2.05) is 27.7 Å². The average molecular weight is 845 g/mol. The zero-order chi connectivity index (χ0) is 37.2. The Kier molecular flexibility index (Phi) is 30.4. The number of carbonyl (C=O) groups is 4. The van der Waals surface area contributed by atoms with E-state index < -0.39 is 41.5 Å². The van der Waals surface area contributed by atoms with Crippen molar-refractivity contribution in [3.63, 3.8) is 0 Å². The van der Waals surface area contributed by atoms with E-state index in [2.05, 4.69) is 75.8 Å². The van der Waals surface area contributed by atoms with Crippen LogP contribution in [-0.2, 0) is 47.6 Å². The molecule has 0 aliphatic heterocycles. The second-order valence-corrected chi connectivity index (χ2v) is 19.0. The highest BCUT2D eigenvalue weighted by molar-refractivity contribution is 8.10. The molecular weight excluding hydrogens is 789 g/mol. The fraction of sp³-hybridized carbons (Fsp3) is 0.871. The van der Waals surface area contributed by atoms with Crippen LogP contribution >= 0.6 is 99.3 Å². The van der Waals surface area contributed by atoms with Crippen molar-refractivity contribution in [2.75, 3.05) is 62.7 Å². The van der Waals surface area contributed by atoms with Crippen molar-refractivity contribution in [2.24, 2.45) is 5.41 Å². The first-order chi connectivity index (χ1) is 23.1. The van der Waals surface area contributed by atoms with Crippen molar-refractivity contribution in [1.82, 2.24) is 0 Å². The van der Waals surface area contributed by atoms with Gasteiger partial charge in [-0.1, -0.05) is 27.7 Å². The van der Waals surface area contributed by atoms with Crippen LogP contribution < -0.4 is 0 Å². The van der Waals surface area contributed by atoms with Gasteiger partial charge in [0, 0.05) is 15.9 Å². The number of esters is 4. The first kappa shape index (κ1) is 49.6. The van der Waals surface area contributed by atoms with Gasteiger partial charge in [0.15, 0.2) is 12.2 Å². The summed E-state index contributed by atoms with van der Waals surface area (Å²) in [5.74, 6) is 0.938. The summed E-state index contributed by atoms with van der Waals surface area (Å²) in [6.45, 7) is 7.83. The van der Waals surface area contributed by atoms with E-state index in [0.717, 1.165) is 11.5 Å². The van der Waals surface area contributed by atoms with Gasteiger partial charge >= 0.3 is 23.9 Å². The Morgan fingerprint density at radius 1 is 0.592 bits per heavy atom. The van der Waals surface area contributed by atoms with Crippen LogP contribution in [0, 0.1) is 5.41 Å². The Labute approximate surface area is 334 Å². The molecule has 0 saturated carbocycles. The third kappa shape index (κ3) is 28.7. The lowest BCUT2D eigenvalue weighted by atomic mass is 9.96.